The van der Waals surface area contributed by atoms with Gasteiger partial charge < -0.3 is 0 Å². The molecule has 0 atom stereocenters. The molecule has 52 heavy (non-hydrogen) atoms. The van der Waals surface area contributed by atoms with Gasteiger partial charge in [-0.15, -0.1) is 0 Å². The van der Waals surface area contributed by atoms with Gasteiger partial charge in [-0.2, -0.15) is 0 Å². The topological polar surface area (TPSA) is 0 Å². The molecule has 8 rings (SSSR count). The molecule has 0 aliphatic heterocycles. The Balaban J connectivity index is 0.000000162. The van der Waals surface area contributed by atoms with Crippen molar-refractivity contribution in [3.63, 3.8) is 0 Å². The first-order valence-electron chi connectivity index (χ1n) is 19.5. The van der Waals surface area contributed by atoms with Crippen LogP contribution < -0.4 is 0 Å². The van der Waals surface area contributed by atoms with Crippen LogP contribution in [0.2, 0.25) is 0 Å². The van der Waals surface area contributed by atoms with Crippen molar-refractivity contribution < 1.29 is 0 Å². The van der Waals surface area contributed by atoms with Crippen molar-refractivity contribution in [2.75, 3.05) is 0 Å². The first-order valence-corrected chi connectivity index (χ1v) is 19.5. The molecule has 0 heterocycles. The van der Waals surface area contributed by atoms with E-state index in [0.29, 0.717) is 0 Å². The van der Waals surface area contributed by atoms with Crippen LogP contribution in [-0.2, 0) is 0 Å². The highest BCUT2D eigenvalue weighted by Gasteiger charge is 2.34. The molecule has 6 aromatic carbocycles. The molecule has 0 heteroatoms. The summed E-state index contributed by atoms with van der Waals surface area (Å²) in [5.41, 5.74) is 41.1. The van der Waals surface area contributed by atoms with Crippen molar-refractivity contribution in [2.24, 2.45) is 0 Å². The lowest BCUT2D eigenvalue weighted by atomic mass is 9.85. The average molecular weight is 685 g/mol. The summed E-state index contributed by atoms with van der Waals surface area (Å²) < 4.78 is 0. The van der Waals surface area contributed by atoms with Crippen LogP contribution in [0.1, 0.15) is 111 Å². The van der Waals surface area contributed by atoms with E-state index < -0.39 is 0 Å². The largest absolute Gasteiger partial charge is 0.0443 e. The van der Waals surface area contributed by atoms with E-state index in [9.17, 15) is 0 Å². The quantitative estimate of drug-likeness (QED) is 0.149. The van der Waals surface area contributed by atoms with Crippen molar-refractivity contribution in [2.45, 2.75) is 138 Å². The van der Waals surface area contributed by atoms with Gasteiger partial charge in [0.25, 0.3) is 0 Å². The first-order chi connectivity index (χ1) is 24.2. The SMILES string of the molecule is Cc1c(C)c(C)c2c(c1C)-c1c(C)c(C)c(C)c3c(C)c(C)c(C)c-2c13.Cc1c(C)c(C)c2c(c1C)-c1c(C)c(C)c(C)c3c(C)c(C)c(C)c-2c13. The van der Waals surface area contributed by atoms with Gasteiger partial charge in [-0.3, -0.25) is 0 Å². The van der Waals surface area contributed by atoms with Gasteiger partial charge in [0.2, 0.25) is 0 Å². The van der Waals surface area contributed by atoms with E-state index in [4.69, 9.17) is 0 Å². The Morgan fingerprint density at radius 1 is 0.115 bits per heavy atom. The van der Waals surface area contributed by atoms with Gasteiger partial charge >= 0.3 is 0 Å². The number of aryl methyl sites for hydroxylation is 4. The third-order valence-corrected chi connectivity index (χ3v) is 15.4. The minimum atomic E-state index is 1.45. The summed E-state index contributed by atoms with van der Waals surface area (Å²) in [5.74, 6) is 0. The molecule has 0 radical (unpaired) electrons. The second kappa shape index (κ2) is 11.7. The molecule has 6 aromatic rings. The van der Waals surface area contributed by atoms with Crippen molar-refractivity contribution in [1.29, 1.82) is 0 Å². The summed E-state index contributed by atoms with van der Waals surface area (Å²) in [4.78, 5) is 0. The minimum Gasteiger partial charge on any atom is -0.0443 e. The van der Waals surface area contributed by atoms with Gasteiger partial charge in [-0.1, -0.05) is 0 Å². The molecule has 0 fully saturated rings. The van der Waals surface area contributed by atoms with Crippen LogP contribution in [0, 0.1) is 138 Å². The van der Waals surface area contributed by atoms with Gasteiger partial charge in [0, 0.05) is 0 Å². The van der Waals surface area contributed by atoms with E-state index in [2.05, 4.69) is 138 Å². The van der Waals surface area contributed by atoms with Gasteiger partial charge in [0.15, 0.2) is 0 Å². The van der Waals surface area contributed by atoms with Crippen molar-refractivity contribution >= 4 is 21.5 Å². The Morgan fingerprint density at radius 3 is 0.423 bits per heavy atom. The standard InChI is InChI=1S/2C26H30/c2*1-11-12(2)18(8)23-22(17(11)7)24-19(9)13(3)15(5)21-16(6)14(4)20(10)25(23)26(21)24/h2*1-10H3. The zero-order valence-electron chi connectivity index (χ0n) is 36.0. The molecule has 0 aromatic heterocycles. The zero-order chi connectivity index (χ0) is 38.5. The van der Waals surface area contributed by atoms with Crippen molar-refractivity contribution in [1.82, 2.24) is 0 Å². The molecule has 2 aliphatic rings. The first kappa shape index (κ1) is 36.2. The molecule has 0 nitrogen and oxygen atoms in total. The third-order valence-electron chi connectivity index (χ3n) is 15.4. The molecule has 0 saturated heterocycles. The van der Waals surface area contributed by atoms with Gasteiger partial charge in [-0.05, 0) is 316 Å². The monoisotopic (exact) mass is 684 g/mol. The van der Waals surface area contributed by atoms with Crippen LogP contribution in [0.4, 0.5) is 0 Å². The Hall–Kier alpha value is -4.16. The molecule has 0 amide bonds. The minimum absolute atomic E-state index is 1.45. The number of fused-ring (bicyclic) bond motifs is 6. The average Bonchev–Trinajstić information content (AvgIpc) is 3.66. The predicted octanol–water partition coefficient (Wildman–Crippen LogP) is 15.1. The lowest BCUT2D eigenvalue weighted by Crippen LogP contribution is -1.98. The molecule has 268 valence electrons. The van der Waals surface area contributed by atoms with E-state index in [0.717, 1.165) is 0 Å². The van der Waals surface area contributed by atoms with Crippen molar-refractivity contribution in [3.8, 4) is 44.5 Å². The predicted molar refractivity (Wildman–Crippen MR) is 231 cm³/mol. The summed E-state index contributed by atoms with van der Waals surface area (Å²) in [7, 11) is 0. The van der Waals surface area contributed by atoms with Gasteiger partial charge in [0.05, 0.1) is 0 Å². The Kier molecular flexibility index (Phi) is 8.13. The number of benzene rings is 6. The highest BCUT2D eigenvalue weighted by Crippen LogP contribution is 2.58. The second-order valence-electron chi connectivity index (χ2n) is 17.0. The van der Waals surface area contributed by atoms with E-state index in [-0.39, 0.29) is 0 Å². The molecule has 0 saturated carbocycles. The lowest BCUT2D eigenvalue weighted by molar-refractivity contribution is 1.22. The Bertz CT molecular complexity index is 2320. The van der Waals surface area contributed by atoms with E-state index >= 15 is 0 Å². The van der Waals surface area contributed by atoms with Crippen LogP contribution in [0.3, 0.4) is 0 Å². The molecule has 0 unspecified atom stereocenters. The van der Waals surface area contributed by atoms with Crippen LogP contribution in [0.25, 0.3) is 66.1 Å². The molecule has 0 N–H and O–H groups in total. The normalized spacial score (nSPS) is 12.2. The second-order valence-corrected chi connectivity index (χ2v) is 17.0. The fraction of sp³-hybridized carbons (Fsp3) is 0.385. The number of hydrogen-bond donors (Lipinski definition) is 0. The van der Waals surface area contributed by atoms with E-state index in [1.54, 1.807) is 0 Å². The fourth-order valence-electron chi connectivity index (χ4n) is 10.6. The maximum absolute atomic E-state index is 2.32. The molecular weight excluding hydrogens is 625 g/mol. The van der Waals surface area contributed by atoms with E-state index in [1.807, 2.05) is 0 Å². The van der Waals surface area contributed by atoms with Crippen LogP contribution in [0.15, 0.2) is 0 Å². The summed E-state index contributed by atoms with van der Waals surface area (Å²) in [6, 6.07) is 0. The third kappa shape index (κ3) is 4.22. The maximum Gasteiger partial charge on any atom is -0.00151 e. The van der Waals surface area contributed by atoms with Gasteiger partial charge in [-0.25, -0.2) is 0 Å². The summed E-state index contributed by atoms with van der Waals surface area (Å²) in [6.07, 6.45) is 0. The lowest BCUT2D eigenvalue weighted by Gasteiger charge is -2.19. The Morgan fingerprint density at radius 2 is 0.250 bits per heavy atom. The highest BCUT2D eigenvalue weighted by atomic mass is 14.4. The maximum atomic E-state index is 2.32. The molecule has 2 aliphatic carbocycles. The summed E-state index contributed by atoms with van der Waals surface area (Å²) >= 11 is 0. The number of hydrogen-bond acceptors (Lipinski definition) is 0. The van der Waals surface area contributed by atoms with Crippen LogP contribution in [-0.4, -0.2) is 0 Å². The molecule has 0 spiro atoms. The van der Waals surface area contributed by atoms with Gasteiger partial charge in [0.1, 0.15) is 0 Å². The van der Waals surface area contributed by atoms with E-state index in [1.165, 1.54) is 177 Å². The van der Waals surface area contributed by atoms with Crippen molar-refractivity contribution in [3.05, 3.63) is 111 Å². The fourth-order valence-corrected chi connectivity index (χ4v) is 10.6. The Labute approximate surface area is 314 Å². The highest BCUT2D eigenvalue weighted by molar-refractivity contribution is 6.22. The summed E-state index contributed by atoms with van der Waals surface area (Å²) in [6.45, 7) is 46.2. The smallest absolute Gasteiger partial charge is 0.00151 e. The van der Waals surface area contributed by atoms with Crippen LogP contribution >= 0.6 is 0 Å². The van der Waals surface area contributed by atoms with Crippen LogP contribution in [0.5, 0.6) is 0 Å². The number of rotatable bonds is 0. The summed E-state index contributed by atoms with van der Waals surface area (Å²) in [5, 5.41) is 6.01. The zero-order valence-corrected chi connectivity index (χ0v) is 36.0. The molecular formula is C52H60. The molecule has 0 bridgehead atoms.